The highest BCUT2D eigenvalue weighted by Gasteiger charge is 2.47. The zero-order chi connectivity index (χ0) is 32.0. The van der Waals surface area contributed by atoms with Crippen LogP contribution in [0.25, 0.3) is 22.3 Å². The predicted octanol–water partition coefficient (Wildman–Crippen LogP) is -1.38. The Kier molecular flexibility index (Phi) is 8.90. The highest BCUT2D eigenvalue weighted by atomic mass is 16.7. The minimum Gasteiger partial charge on any atom is -0.508 e. The fraction of sp³-hybridized carbons (Fsp3) is 0.464. The van der Waals surface area contributed by atoms with Crippen molar-refractivity contribution in [1.82, 2.24) is 0 Å². The van der Waals surface area contributed by atoms with Crippen LogP contribution in [0.5, 0.6) is 28.7 Å². The summed E-state index contributed by atoms with van der Waals surface area (Å²) in [5, 5.41) is 92.1. The summed E-state index contributed by atoms with van der Waals surface area (Å²) in [6.07, 6.45) is -16.0. The van der Waals surface area contributed by atoms with Gasteiger partial charge in [-0.15, -0.1) is 0 Å². The highest BCUT2D eigenvalue weighted by Crippen LogP contribution is 2.39. The molecule has 1 aromatic heterocycles. The molecule has 2 fully saturated rings. The van der Waals surface area contributed by atoms with Gasteiger partial charge >= 0.3 is 0 Å². The smallest absolute Gasteiger partial charge is 0.239 e. The van der Waals surface area contributed by atoms with E-state index in [1.54, 1.807) is 0 Å². The van der Waals surface area contributed by atoms with Gasteiger partial charge in [0, 0.05) is 17.7 Å². The fourth-order valence-corrected chi connectivity index (χ4v) is 4.99. The number of ether oxygens (including phenoxy) is 5. The Labute approximate surface area is 248 Å². The van der Waals surface area contributed by atoms with Gasteiger partial charge in [0.25, 0.3) is 0 Å². The predicted molar refractivity (Wildman–Crippen MR) is 145 cm³/mol. The number of methoxy groups -OCH3 is 1. The molecule has 0 aliphatic carbocycles. The number of aliphatic hydroxyl groups excluding tert-OH is 6. The number of benzene rings is 2. The minimum absolute atomic E-state index is 0.0151. The number of hydrogen-bond donors (Lipinski definition) is 9. The van der Waals surface area contributed by atoms with Crippen LogP contribution < -0.4 is 14.9 Å². The SMILES string of the molecule is COc1cc(-c2oc3cc(O)cc(O)c3c(=O)c2OC2OC(CO[C@@H]3O[C@@H](C)[C@H](O)[C@@H](O)[C@H]3O)C(O)C(O)C2O)ccc1O. The third-order valence-electron chi connectivity index (χ3n) is 7.50. The number of aliphatic hydroxyl groups is 6. The fourth-order valence-electron chi connectivity index (χ4n) is 4.99. The lowest BCUT2D eigenvalue weighted by Crippen LogP contribution is -2.61. The third-order valence-corrected chi connectivity index (χ3v) is 7.50. The van der Waals surface area contributed by atoms with Crippen LogP contribution in [0.3, 0.4) is 0 Å². The van der Waals surface area contributed by atoms with Gasteiger partial charge in [0.05, 0.1) is 19.8 Å². The van der Waals surface area contributed by atoms with Gasteiger partial charge < -0.3 is 74.1 Å². The van der Waals surface area contributed by atoms with E-state index in [-0.39, 0.29) is 28.4 Å². The molecular formula is C28H32O16. The highest BCUT2D eigenvalue weighted by molar-refractivity contribution is 5.88. The lowest BCUT2D eigenvalue weighted by atomic mass is 9.98. The van der Waals surface area contributed by atoms with E-state index in [1.165, 1.54) is 32.2 Å². The normalized spacial score (nSPS) is 32.5. The van der Waals surface area contributed by atoms with Crippen LogP contribution in [-0.2, 0) is 14.2 Å². The van der Waals surface area contributed by atoms with Crippen molar-refractivity contribution < 1.29 is 74.1 Å². The molecule has 2 saturated heterocycles. The summed E-state index contributed by atoms with van der Waals surface area (Å²) in [7, 11) is 1.28. The molecule has 3 aromatic rings. The molecule has 9 N–H and O–H groups in total. The molecule has 5 unspecified atom stereocenters. The monoisotopic (exact) mass is 624 g/mol. The Morgan fingerprint density at radius 2 is 1.48 bits per heavy atom. The molecule has 5 rings (SSSR count). The molecule has 16 heteroatoms. The molecule has 0 amide bonds. The number of phenolic OH excluding ortho intramolecular Hbond substituents is 3. The van der Waals surface area contributed by atoms with Gasteiger partial charge in [-0.1, -0.05) is 0 Å². The first-order chi connectivity index (χ1) is 20.8. The van der Waals surface area contributed by atoms with E-state index < -0.39 is 96.1 Å². The van der Waals surface area contributed by atoms with Crippen molar-refractivity contribution in [3.05, 3.63) is 40.6 Å². The number of hydrogen-bond acceptors (Lipinski definition) is 16. The van der Waals surface area contributed by atoms with Gasteiger partial charge in [0.1, 0.15) is 65.2 Å². The van der Waals surface area contributed by atoms with Crippen LogP contribution in [-0.4, -0.2) is 121 Å². The van der Waals surface area contributed by atoms with Crippen molar-refractivity contribution in [1.29, 1.82) is 0 Å². The second-order valence-corrected chi connectivity index (χ2v) is 10.5. The maximum Gasteiger partial charge on any atom is 0.239 e. The van der Waals surface area contributed by atoms with E-state index in [2.05, 4.69) is 0 Å². The summed E-state index contributed by atoms with van der Waals surface area (Å²) in [5.41, 5.74) is -1.11. The van der Waals surface area contributed by atoms with Crippen molar-refractivity contribution in [3.8, 4) is 40.1 Å². The van der Waals surface area contributed by atoms with Crippen LogP contribution in [0.15, 0.2) is 39.5 Å². The summed E-state index contributed by atoms with van der Waals surface area (Å²) in [6, 6.07) is 5.83. The van der Waals surface area contributed by atoms with Crippen LogP contribution in [0.4, 0.5) is 0 Å². The molecule has 44 heavy (non-hydrogen) atoms. The maximum atomic E-state index is 13.7. The largest absolute Gasteiger partial charge is 0.508 e. The van der Waals surface area contributed by atoms with Crippen LogP contribution >= 0.6 is 0 Å². The molecule has 16 nitrogen and oxygen atoms in total. The first-order valence-corrected chi connectivity index (χ1v) is 13.4. The Morgan fingerprint density at radius 3 is 2.18 bits per heavy atom. The van der Waals surface area contributed by atoms with Gasteiger partial charge in [-0.3, -0.25) is 4.79 Å². The summed E-state index contributed by atoms with van der Waals surface area (Å²) >= 11 is 0. The Hall–Kier alpha value is -3.71. The van der Waals surface area contributed by atoms with Crippen molar-refractivity contribution >= 4 is 11.0 Å². The number of aromatic hydroxyl groups is 3. The van der Waals surface area contributed by atoms with E-state index in [4.69, 9.17) is 28.1 Å². The first-order valence-electron chi connectivity index (χ1n) is 13.4. The standard InChI is InChI=1S/C28H32O16/c1-9-18(32)21(35)23(37)27(41-9)40-8-16-19(33)22(36)24(38)28(43-16)44-26-20(34)17-13(31)6-11(29)7-15(17)42-25(26)10-3-4-12(30)14(5-10)39-2/h3-7,9,16,18-19,21-24,27-33,35-38H,8H2,1-2H3/t9-,16?,18-,19?,21+,22?,23+,24?,27+,28?/m0/s1. The molecule has 0 radical (unpaired) electrons. The second-order valence-electron chi connectivity index (χ2n) is 10.5. The molecule has 10 atom stereocenters. The Balaban J connectivity index is 1.49. The summed E-state index contributed by atoms with van der Waals surface area (Å²) in [6.45, 7) is 0.845. The van der Waals surface area contributed by atoms with Crippen molar-refractivity contribution in [3.63, 3.8) is 0 Å². The van der Waals surface area contributed by atoms with Gasteiger partial charge in [0.2, 0.25) is 17.5 Å². The summed E-state index contributed by atoms with van der Waals surface area (Å²) in [5.74, 6) is -2.28. The van der Waals surface area contributed by atoms with Crippen LogP contribution in [0.2, 0.25) is 0 Å². The lowest BCUT2D eigenvalue weighted by molar-refractivity contribution is -0.318. The molecule has 0 spiro atoms. The van der Waals surface area contributed by atoms with E-state index >= 15 is 0 Å². The van der Waals surface area contributed by atoms with Crippen molar-refractivity contribution in [2.24, 2.45) is 0 Å². The molecule has 240 valence electrons. The van der Waals surface area contributed by atoms with Crippen LogP contribution in [0.1, 0.15) is 6.92 Å². The van der Waals surface area contributed by atoms with E-state index in [0.717, 1.165) is 12.1 Å². The number of phenols is 3. The van der Waals surface area contributed by atoms with E-state index in [1.807, 2.05) is 0 Å². The summed E-state index contributed by atoms with van der Waals surface area (Å²) in [4.78, 5) is 13.7. The van der Waals surface area contributed by atoms with Crippen molar-refractivity contribution in [2.45, 2.75) is 68.3 Å². The minimum atomic E-state index is -1.94. The zero-order valence-corrected chi connectivity index (χ0v) is 23.3. The van der Waals surface area contributed by atoms with E-state index in [9.17, 15) is 50.8 Å². The molecular weight excluding hydrogens is 592 g/mol. The van der Waals surface area contributed by atoms with Gasteiger partial charge in [0.15, 0.2) is 23.5 Å². The average molecular weight is 625 g/mol. The quantitative estimate of drug-likeness (QED) is 0.147. The molecule has 2 aliphatic heterocycles. The summed E-state index contributed by atoms with van der Waals surface area (Å²) < 4.78 is 33.2. The van der Waals surface area contributed by atoms with Gasteiger partial charge in [-0.25, -0.2) is 0 Å². The number of rotatable bonds is 7. The Morgan fingerprint density at radius 1 is 0.795 bits per heavy atom. The maximum absolute atomic E-state index is 13.7. The zero-order valence-electron chi connectivity index (χ0n) is 23.3. The first kappa shape index (κ1) is 31.7. The Bertz CT molecular complexity index is 1560. The van der Waals surface area contributed by atoms with Crippen molar-refractivity contribution in [2.75, 3.05) is 13.7 Å². The molecule has 0 saturated carbocycles. The molecule has 2 aliphatic rings. The molecule has 2 aromatic carbocycles. The second kappa shape index (κ2) is 12.4. The van der Waals surface area contributed by atoms with E-state index in [0.29, 0.717) is 0 Å². The molecule has 3 heterocycles. The van der Waals surface area contributed by atoms with Gasteiger partial charge in [-0.05, 0) is 25.1 Å². The van der Waals surface area contributed by atoms with Crippen LogP contribution in [0, 0.1) is 0 Å². The topological polar surface area (TPSA) is 258 Å². The molecule has 0 bridgehead atoms. The number of fused-ring (bicyclic) bond motifs is 1. The lowest BCUT2D eigenvalue weighted by Gasteiger charge is -2.42. The van der Waals surface area contributed by atoms with Gasteiger partial charge in [-0.2, -0.15) is 0 Å². The average Bonchev–Trinajstić information content (AvgIpc) is 2.98. The third kappa shape index (κ3) is 5.74.